The minimum absolute atomic E-state index is 0.108. The van der Waals surface area contributed by atoms with Crippen LogP contribution in [0.4, 0.5) is 17.3 Å². The predicted molar refractivity (Wildman–Crippen MR) is 78.0 cm³/mol. The zero-order valence-electron chi connectivity index (χ0n) is 11.7. The second kappa shape index (κ2) is 6.35. The van der Waals surface area contributed by atoms with E-state index in [4.69, 9.17) is 5.73 Å². The number of nitrogens with one attached hydrogen (secondary N) is 2. The van der Waals surface area contributed by atoms with Gasteiger partial charge in [0.05, 0.1) is 4.92 Å². The molecule has 1 aromatic heterocycles. The molecule has 1 atom stereocenters. The molecule has 1 fully saturated rings. The van der Waals surface area contributed by atoms with Crippen LogP contribution in [0.2, 0.25) is 0 Å². The Morgan fingerprint density at radius 1 is 1.67 bits per heavy atom. The van der Waals surface area contributed by atoms with Crippen LogP contribution < -0.4 is 21.3 Å². The largest absolute Gasteiger partial charge is 0.378 e. The highest BCUT2D eigenvalue weighted by molar-refractivity contribution is 5.85. The fourth-order valence-corrected chi connectivity index (χ4v) is 2.28. The number of hydrogen-bond acceptors (Lipinski definition) is 7. The van der Waals surface area contributed by atoms with Crippen molar-refractivity contribution in [1.82, 2.24) is 15.6 Å². The molecule has 0 saturated carbocycles. The van der Waals surface area contributed by atoms with Gasteiger partial charge in [-0.15, -0.1) is 0 Å². The van der Waals surface area contributed by atoms with E-state index in [1.807, 2.05) is 11.8 Å². The van der Waals surface area contributed by atoms with Crippen molar-refractivity contribution in [1.29, 1.82) is 0 Å². The highest BCUT2D eigenvalue weighted by Gasteiger charge is 2.30. The number of nitrogen functional groups attached to an aromatic ring is 1. The molecule has 21 heavy (non-hydrogen) atoms. The lowest BCUT2D eigenvalue weighted by Gasteiger charge is -2.36. The van der Waals surface area contributed by atoms with E-state index in [-0.39, 0.29) is 17.4 Å². The average Bonchev–Trinajstić information content (AvgIpc) is 2.47. The molecule has 0 aromatic carbocycles. The molecule has 2 heterocycles. The van der Waals surface area contributed by atoms with Crippen LogP contribution in [0.3, 0.4) is 0 Å². The van der Waals surface area contributed by atoms with E-state index in [2.05, 4.69) is 15.6 Å². The third kappa shape index (κ3) is 3.19. The molecule has 4 N–H and O–H groups in total. The van der Waals surface area contributed by atoms with Gasteiger partial charge >= 0.3 is 5.69 Å². The molecule has 0 aliphatic carbocycles. The Morgan fingerprint density at radius 2 is 2.43 bits per heavy atom. The van der Waals surface area contributed by atoms with Crippen LogP contribution in [0.1, 0.15) is 6.92 Å². The molecule has 0 radical (unpaired) electrons. The van der Waals surface area contributed by atoms with E-state index in [1.54, 1.807) is 0 Å². The number of carbonyl (C=O) groups is 1. The Kier molecular flexibility index (Phi) is 4.53. The topological polar surface area (TPSA) is 126 Å². The lowest BCUT2D eigenvalue weighted by atomic mass is 10.1. The lowest BCUT2D eigenvalue weighted by molar-refractivity contribution is -0.384. The third-order valence-corrected chi connectivity index (χ3v) is 3.28. The molecular weight excluding hydrogens is 276 g/mol. The molecule has 1 saturated heterocycles. The average molecular weight is 294 g/mol. The van der Waals surface area contributed by atoms with Crippen molar-refractivity contribution in [2.24, 2.45) is 0 Å². The molecule has 1 aromatic rings. The van der Waals surface area contributed by atoms with Gasteiger partial charge in [0.2, 0.25) is 11.7 Å². The number of nitro groups is 1. The monoisotopic (exact) mass is 294 g/mol. The van der Waals surface area contributed by atoms with Crippen LogP contribution >= 0.6 is 0 Å². The highest BCUT2D eigenvalue weighted by Crippen LogP contribution is 2.24. The molecule has 1 amide bonds. The summed E-state index contributed by atoms with van der Waals surface area (Å²) in [4.78, 5) is 28.1. The fourth-order valence-electron chi connectivity index (χ4n) is 2.28. The van der Waals surface area contributed by atoms with Crippen LogP contribution in [0.15, 0.2) is 12.1 Å². The van der Waals surface area contributed by atoms with Gasteiger partial charge in [0.1, 0.15) is 11.9 Å². The van der Waals surface area contributed by atoms with Crippen molar-refractivity contribution in [3.8, 4) is 0 Å². The number of anilines is 2. The molecule has 114 valence electrons. The van der Waals surface area contributed by atoms with E-state index in [9.17, 15) is 14.9 Å². The summed E-state index contributed by atoms with van der Waals surface area (Å²) in [6.07, 6.45) is 0. The maximum absolute atomic E-state index is 12.1. The minimum Gasteiger partial charge on any atom is -0.378 e. The Hall–Kier alpha value is -2.42. The zero-order chi connectivity index (χ0) is 15.4. The van der Waals surface area contributed by atoms with Gasteiger partial charge in [0.25, 0.3) is 0 Å². The lowest BCUT2D eigenvalue weighted by Crippen LogP contribution is -2.58. The van der Waals surface area contributed by atoms with Crippen molar-refractivity contribution in [2.45, 2.75) is 13.0 Å². The first-order valence-corrected chi connectivity index (χ1v) is 6.70. The van der Waals surface area contributed by atoms with Crippen LogP contribution in [-0.2, 0) is 4.79 Å². The SMILES string of the molecule is CCNC(=O)C1CNCCN1c1ccc([N+](=O)[O-])c(N)n1. The first kappa shape index (κ1) is 15.0. The molecule has 2 rings (SSSR count). The van der Waals surface area contributed by atoms with E-state index >= 15 is 0 Å². The van der Waals surface area contributed by atoms with E-state index < -0.39 is 11.0 Å². The summed E-state index contributed by atoms with van der Waals surface area (Å²) in [5.41, 5.74) is 5.38. The fraction of sp³-hybridized carbons (Fsp3) is 0.500. The number of rotatable bonds is 4. The predicted octanol–water partition coefficient (Wildman–Crippen LogP) is -0.514. The van der Waals surface area contributed by atoms with Gasteiger partial charge in [-0.05, 0) is 13.0 Å². The standard InChI is InChI=1S/C12H18N6O3/c1-2-15-12(19)9-7-14-5-6-17(9)10-4-3-8(18(20)21)11(13)16-10/h3-4,9,14H,2,5-7H2,1H3,(H2,13,16)(H,15,19). The number of carbonyl (C=O) groups excluding carboxylic acids is 1. The normalized spacial score (nSPS) is 18.3. The molecule has 1 aliphatic heterocycles. The summed E-state index contributed by atoms with van der Waals surface area (Å²) < 4.78 is 0. The number of nitrogens with zero attached hydrogens (tertiary/aromatic N) is 3. The number of piperazine rings is 1. The van der Waals surface area contributed by atoms with Gasteiger partial charge in [-0.2, -0.15) is 0 Å². The van der Waals surface area contributed by atoms with Gasteiger partial charge in [0.15, 0.2) is 0 Å². The van der Waals surface area contributed by atoms with Crippen molar-refractivity contribution >= 4 is 23.2 Å². The summed E-state index contributed by atoms with van der Waals surface area (Å²) in [5.74, 6) is 0.213. The summed E-state index contributed by atoms with van der Waals surface area (Å²) in [5, 5.41) is 16.7. The van der Waals surface area contributed by atoms with Gasteiger partial charge in [0, 0.05) is 32.2 Å². The molecule has 9 heteroatoms. The van der Waals surface area contributed by atoms with Crippen molar-refractivity contribution in [3.63, 3.8) is 0 Å². The molecular formula is C12H18N6O3. The molecule has 0 bridgehead atoms. The number of hydrogen-bond donors (Lipinski definition) is 3. The summed E-state index contributed by atoms with van der Waals surface area (Å²) in [6, 6.07) is 2.42. The number of likely N-dealkylation sites (N-methyl/N-ethyl adjacent to an activating group) is 1. The van der Waals surface area contributed by atoms with Gasteiger partial charge in [-0.25, -0.2) is 4.98 Å². The number of nitrogens with two attached hydrogens (primary N) is 1. The second-order valence-corrected chi connectivity index (χ2v) is 4.64. The first-order valence-electron chi connectivity index (χ1n) is 6.70. The summed E-state index contributed by atoms with van der Waals surface area (Å²) in [6.45, 7) is 4.16. The second-order valence-electron chi connectivity index (χ2n) is 4.64. The van der Waals surface area contributed by atoms with E-state index in [0.717, 1.165) is 0 Å². The smallest absolute Gasteiger partial charge is 0.311 e. The highest BCUT2D eigenvalue weighted by atomic mass is 16.6. The van der Waals surface area contributed by atoms with Crippen molar-refractivity contribution < 1.29 is 9.72 Å². The number of pyridine rings is 1. The first-order chi connectivity index (χ1) is 10.0. The maximum Gasteiger partial charge on any atom is 0.311 e. The van der Waals surface area contributed by atoms with Gasteiger partial charge in [-0.3, -0.25) is 14.9 Å². The maximum atomic E-state index is 12.1. The van der Waals surface area contributed by atoms with Crippen LogP contribution in [0.25, 0.3) is 0 Å². The zero-order valence-corrected chi connectivity index (χ0v) is 11.7. The number of aromatic nitrogens is 1. The molecule has 1 aliphatic rings. The van der Waals surface area contributed by atoms with Gasteiger partial charge < -0.3 is 21.3 Å². The van der Waals surface area contributed by atoms with Crippen LogP contribution in [0.5, 0.6) is 0 Å². The van der Waals surface area contributed by atoms with Crippen molar-refractivity contribution in [3.05, 3.63) is 22.2 Å². The quantitative estimate of drug-likeness (QED) is 0.504. The Labute approximate surface area is 121 Å². The summed E-state index contributed by atoms with van der Waals surface area (Å²) >= 11 is 0. The van der Waals surface area contributed by atoms with Crippen LogP contribution in [-0.4, -0.2) is 48.0 Å². The summed E-state index contributed by atoms with van der Waals surface area (Å²) in [7, 11) is 0. The Balaban J connectivity index is 2.27. The van der Waals surface area contributed by atoms with E-state index in [0.29, 0.717) is 32.0 Å². The Morgan fingerprint density at radius 3 is 3.05 bits per heavy atom. The Bertz CT molecular complexity index is 550. The molecule has 9 nitrogen and oxygen atoms in total. The van der Waals surface area contributed by atoms with Gasteiger partial charge in [-0.1, -0.05) is 0 Å². The van der Waals surface area contributed by atoms with Crippen LogP contribution in [0, 0.1) is 10.1 Å². The third-order valence-electron chi connectivity index (χ3n) is 3.28. The van der Waals surface area contributed by atoms with Crippen molar-refractivity contribution in [2.75, 3.05) is 36.8 Å². The molecule has 0 spiro atoms. The molecule has 1 unspecified atom stereocenters. The van der Waals surface area contributed by atoms with E-state index in [1.165, 1.54) is 12.1 Å². The minimum atomic E-state index is -0.578. The number of amides is 1.